The molecular weight excluding hydrogens is 388 g/mol. The maximum Gasteiger partial charge on any atom is 0.307 e. The summed E-state index contributed by atoms with van der Waals surface area (Å²) in [6.45, 7) is 2.20. The van der Waals surface area contributed by atoms with E-state index in [9.17, 15) is 19.5 Å². The van der Waals surface area contributed by atoms with Crippen LogP contribution in [0.1, 0.15) is 79.1 Å². The summed E-state index contributed by atoms with van der Waals surface area (Å²) in [7, 11) is 0. The van der Waals surface area contributed by atoms with E-state index in [-0.39, 0.29) is 17.9 Å². The highest BCUT2D eigenvalue weighted by molar-refractivity contribution is 7.17. The molecule has 3 aliphatic carbocycles. The molecule has 0 bridgehead atoms. The highest BCUT2D eigenvalue weighted by atomic mass is 32.1. The number of carbonyl (C=O) groups excluding carboxylic acids is 2. The van der Waals surface area contributed by atoms with E-state index in [4.69, 9.17) is 0 Å². The van der Waals surface area contributed by atoms with Gasteiger partial charge in [0.2, 0.25) is 5.91 Å². The van der Waals surface area contributed by atoms with Gasteiger partial charge in [-0.3, -0.25) is 14.4 Å². The van der Waals surface area contributed by atoms with Crippen LogP contribution >= 0.6 is 11.3 Å². The SMILES string of the molecule is CC[C@@H]1CCc2c(sc(NC(=O)[C@@H]3CCCC[C@@H]3C(=O)O)c2C(=O)NC2CC2)C1. The van der Waals surface area contributed by atoms with Crippen molar-refractivity contribution in [1.82, 2.24) is 5.32 Å². The van der Waals surface area contributed by atoms with E-state index in [0.717, 1.165) is 56.9 Å². The number of amides is 2. The van der Waals surface area contributed by atoms with E-state index >= 15 is 0 Å². The number of anilines is 1. The van der Waals surface area contributed by atoms with Gasteiger partial charge in [-0.1, -0.05) is 26.2 Å². The maximum atomic E-state index is 13.0. The van der Waals surface area contributed by atoms with Crippen LogP contribution in [0.4, 0.5) is 5.00 Å². The van der Waals surface area contributed by atoms with Gasteiger partial charge < -0.3 is 15.7 Å². The first-order chi connectivity index (χ1) is 14.0. The van der Waals surface area contributed by atoms with Crippen molar-refractivity contribution in [2.24, 2.45) is 17.8 Å². The Morgan fingerprint density at radius 3 is 2.45 bits per heavy atom. The highest BCUT2D eigenvalue weighted by Gasteiger charge is 2.37. The monoisotopic (exact) mass is 418 g/mol. The molecule has 158 valence electrons. The van der Waals surface area contributed by atoms with Gasteiger partial charge in [0, 0.05) is 10.9 Å². The van der Waals surface area contributed by atoms with Gasteiger partial charge in [-0.25, -0.2) is 0 Å². The zero-order chi connectivity index (χ0) is 20.5. The predicted octanol–water partition coefficient (Wildman–Crippen LogP) is 3.98. The molecule has 2 amide bonds. The number of carboxylic acids is 1. The summed E-state index contributed by atoms with van der Waals surface area (Å²) in [5.41, 5.74) is 1.72. The number of carboxylic acid groups (broad SMARTS) is 1. The Balaban J connectivity index is 1.60. The van der Waals surface area contributed by atoms with E-state index in [1.807, 2.05) is 0 Å². The molecule has 29 heavy (non-hydrogen) atoms. The highest BCUT2D eigenvalue weighted by Crippen LogP contribution is 2.41. The van der Waals surface area contributed by atoms with Crippen molar-refractivity contribution in [1.29, 1.82) is 0 Å². The van der Waals surface area contributed by atoms with Crippen LogP contribution in [-0.4, -0.2) is 28.9 Å². The standard InChI is InChI=1S/C22H30N2O4S/c1-2-12-7-10-16-17(11-12)29-21(18(16)20(26)23-13-8-9-13)24-19(25)14-5-3-4-6-15(14)22(27)28/h12-15H,2-11H2,1H3,(H,23,26)(H,24,25)(H,27,28)/t12-,14-,15+/m1/s1. The van der Waals surface area contributed by atoms with Crippen LogP contribution < -0.4 is 10.6 Å². The topological polar surface area (TPSA) is 95.5 Å². The molecule has 0 saturated heterocycles. The first kappa shape index (κ1) is 20.4. The minimum absolute atomic E-state index is 0.0892. The molecule has 0 radical (unpaired) electrons. The Labute approximate surface area is 175 Å². The lowest BCUT2D eigenvalue weighted by molar-refractivity contribution is -0.147. The van der Waals surface area contributed by atoms with Gasteiger partial charge in [0.15, 0.2) is 0 Å². The largest absolute Gasteiger partial charge is 0.481 e. The minimum Gasteiger partial charge on any atom is -0.481 e. The average Bonchev–Trinajstić information content (AvgIpc) is 3.45. The number of carbonyl (C=O) groups is 3. The summed E-state index contributed by atoms with van der Waals surface area (Å²) >= 11 is 1.52. The third kappa shape index (κ3) is 4.34. The lowest BCUT2D eigenvalue weighted by atomic mass is 9.78. The fourth-order valence-corrected chi connectivity index (χ4v) is 6.12. The van der Waals surface area contributed by atoms with Gasteiger partial charge in [0.05, 0.1) is 17.4 Å². The van der Waals surface area contributed by atoms with Crippen LogP contribution in [0.2, 0.25) is 0 Å². The Morgan fingerprint density at radius 2 is 1.79 bits per heavy atom. The fourth-order valence-electron chi connectivity index (χ4n) is 4.76. The molecule has 6 nitrogen and oxygen atoms in total. The molecule has 4 rings (SSSR count). The molecule has 1 aromatic rings. The van der Waals surface area contributed by atoms with Crippen molar-refractivity contribution in [3.05, 3.63) is 16.0 Å². The quantitative estimate of drug-likeness (QED) is 0.651. The van der Waals surface area contributed by atoms with Gasteiger partial charge >= 0.3 is 5.97 Å². The molecule has 3 aliphatic rings. The number of aliphatic carboxylic acids is 1. The summed E-state index contributed by atoms with van der Waals surface area (Å²) in [5.74, 6) is -1.77. The summed E-state index contributed by atoms with van der Waals surface area (Å²) < 4.78 is 0. The van der Waals surface area contributed by atoms with Gasteiger partial charge in [-0.2, -0.15) is 0 Å². The van der Waals surface area contributed by atoms with Crippen LogP contribution in [0, 0.1) is 17.8 Å². The Morgan fingerprint density at radius 1 is 1.07 bits per heavy atom. The van der Waals surface area contributed by atoms with Gasteiger partial charge in [0.1, 0.15) is 5.00 Å². The third-order valence-corrected chi connectivity index (χ3v) is 7.91. The number of hydrogen-bond donors (Lipinski definition) is 3. The fraction of sp³-hybridized carbons (Fsp3) is 0.682. The van der Waals surface area contributed by atoms with Gasteiger partial charge in [0.25, 0.3) is 5.91 Å². The second-order valence-electron chi connectivity index (χ2n) is 8.80. The second kappa shape index (κ2) is 8.46. The number of hydrogen-bond acceptors (Lipinski definition) is 4. The average molecular weight is 419 g/mol. The number of fused-ring (bicyclic) bond motifs is 1. The number of thiophene rings is 1. The Hall–Kier alpha value is -1.89. The van der Waals surface area contributed by atoms with E-state index in [2.05, 4.69) is 17.6 Å². The minimum atomic E-state index is -0.896. The molecule has 7 heteroatoms. The van der Waals surface area contributed by atoms with Gasteiger partial charge in [-0.05, 0) is 56.4 Å². The molecule has 0 unspecified atom stereocenters. The molecule has 0 spiro atoms. The first-order valence-electron chi connectivity index (χ1n) is 11.0. The molecule has 2 saturated carbocycles. The molecule has 3 atom stereocenters. The zero-order valence-corrected chi connectivity index (χ0v) is 17.8. The van der Waals surface area contributed by atoms with Crippen molar-refractivity contribution < 1.29 is 19.5 Å². The third-order valence-electron chi connectivity index (χ3n) is 6.74. The molecule has 0 aromatic carbocycles. The van der Waals surface area contributed by atoms with Crippen LogP contribution in [0.15, 0.2) is 0 Å². The second-order valence-corrected chi connectivity index (χ2v) is 9.90. The van der Waals surface area contributed by atoms with Crippen molar-refractivity contribution in [2.75, 3.05) is 5.32 Å². The maximum absolute atomic E-state index is 13.0. The van der Waals surface area contributed by atoms with Crippen molar-refractivity contribution in [2.45, 2.75) is 77.2 Å². The number of rotatable bonds is 6. The lowest BCUT2D eigenvalue weighted by Gasteiger charge is -2.27. The van der Waals surface area contributed by atoms with Crippen molar-refractivity contribution in [3.8, 4) is 0 Å². The lowest BCUT2D eigenvalue weighted by Crippen LogP contribution is -2.36. The summed E-state index contributed by atoms with van der Waals surface area (Å²) in [4.78, 5) is 38.8. The smallest absolute Gasteiger partial charge is 0.307 e. The van der Waals surface area contributed by atoms with Crippen LogP contribution in [0.5, 0.6) is 0 Å². The van der Waals surface area contributed by atoms with E-state index in [1.165, 1.54) is 16.2 Å². The molecule has 2 fully saturated rings. The summed E-state index contributed by atoms with van der Waals surface area (Å²) in [6.07, 6.45) is 8.90. The summed E-state index contributed by atoms with van der Waals surface area (Å²) in [6, 6.07) is 0.253. The molecular formula is C22H30N2O4S. The zero-order valence-electron chi connectivity index (χ0n) is 17.0. The number of nitrogens with one attached hydrogen (secondary N) is 2. The molecule has 3 N–H and O–H groups in total. The Bertz CT molecular complexity index is 814. The van der Waals surface area contributed by atoms with E-state index < -0.39 is 17.8 Å². The predicted molar refractivity (Wildman–Crippen MR) is 112 cm³/mol. The van der Waals surface area contributed by atoms with Crippen molar-refractivity contribution in [3.63, 3.8) is 0 Å². The van der Waals surface area contributed by atoms with E-state index in [1.54, 1.807) is 0 Å². The van der Waals surface area contributed by atoms with Crippen LogP contribution in [0.25, 0.3) is 0 Å². The Kier molecular flexibility index (Phi) is 5.95. The summed E-state index contributed by atoms with van der Waals surface area (Å²) in [5, 5.41) is 16.2. The molecule has 0 aliphatic heterocycles. The molecule has 1 aromatic heterocycles. The van der Waals surface area contributed by atoms with Crippen LogP contribution in [-0.2, 0) is 22.4 Å². The normalized spacial score (nSPS) is 26.4. The van der Waals surface area contributed by atoms with Crippen LogP contribution in [0.3, 0.4) is 0 Å². The van der Waals surface area contributed by atoms with Gasteiger partial charge in [-0.15, -0.1) is 11.3 Å². The molecule has 1 heterocycles. The van der Waals surface area contributed by atoms with Crippen molar-refractivity contribution >= 4 is 34.1 Å². The first-order valence-corrected chi connectivity index (χ1v) is 11.8. The van der Waals surface area contributed by atoms with E-state index in [0.29, 0.717) is 29.3 Å².